The summed E-state index contributed by atoms with van der Waals surface area (Å²) in [6.45, 7) is 6.11. The van der Waals surface area contributed by atoms with Gasteiger partial charge in [-0.25, -0.2) is 9.59 Å². The number of nitrogens with zero attached hydrogens (tertiary/aromatic N) is 2. The Labute approximate surface area is 337 Å². The van der Waals surface area contributed by atoms with Crippen LogP contribution in [-0.4, -0.2) is 25.2 Å². The molecule has 6 nitrogen and oxygen atoms in total. The summed E-state index contributed by atoms with van der Waals surface area (Å²) in [4.78, 5) is 24.6. The van der Waals surface area contributed by atoms with E-state index in [0.29, 0.717) is 13.2 Å². The molecule has 2 aromatic heterocycles. The third-order valence-corrected chi connectivity index (χ3v) is 10.00. The van der Waals surface area contributed by atoms with Crippen LogP contribution >= 0.6 is 0 Å². The second-order valence-corrected chi connectivity index (χ2v) is 14.8. The zero-order valence-electron chi connectivity index (χ0n) is 33.8. The number of carbonyl (C=O) groups excluding carboxylic acids is 2. The molecular formula is C45H76Cl2N2O4. The van der Waals surface area contributed by atoms with Gasteiger partial charge in [-0.2, -0.15) is 9.13 Å². The van der Waals surface area contributed by atoms with Gasteiger partial charge in [0.25, 0.3) is 0 Å². The third-order valence-electron chi connectivity index (χ3n) is 10.00. The maximum atomic E-state index is 12.3. The summed E-state index contributed by atoms with van der Waals surface area (Å²) in [6.07, 6.45) is 42.2. The first kappa shape index (κ1) is 50.8. The van der Waals surface area contributed by atoms with Crippen LogP contribution in [0.5, 0.6) is 0 Å². The number of hydrogen-bond acceptors (Lipinski definition) is 4. The van der Waals surface area contributed by atoms with E-state index in [0.717, 1.165) is 44.9 Å². The molecule has 0 saturated heterocycles. The highest BCUT2D eigenvalue weighted by Gasteiger charge is 2.12. The van der Waals surface area contributed by atoms with Crippen LogP contribution in [0.15, 0.2) is 49.1 Å². The average molecular weight is 780 g/mol. The molecule has 0 atom stereocenters. The molecular weight excluding hydrogens is 703 g/mol. The van der Waals surface area contributed by atoms with Gasteiger partial charge in [-0.1, -0.05) is 155 Å². The lowest BCUT2D eigenvalue weighted by Gasteiger charge is -2.05. The quantitative estimate of drug-likeness (QED) is 0.0575. The molecule has 8 heteroatoms. The maximum Gasteiger partial charge on any atom is 0.372 e. The van der Waals surface area contributed by atoms with Crippen LogP contribution in [0.25, 0.3) is 0 Å². The standard InChI is InChI=1S/C45H76N2O4.2ClH/c1-3-5-7-9-11-13-15-17-19-21-23-25-38-50-44(48)40-46-34-30-42(31-35-46)28-27-29-43-32-36-47(37-33-43)41-45(49)51-39-26-24-22-20-18-16-14-12-10-8-6-4-2;;/h30-37H,3-29,38-41H2,1-2H3;2*1H/q+2;;/p-2. The first-order chi connectivity index (χ1) is 25.1. The lowest BCUT2D eigenvalue weighted by molar-refractivity contribution is -0.686. The van der Waals surface area contributed by atoms with Crippen molar-refractivity contribution in [3.8, 4) is 0 Å². The molecule has 0 unspecified atom stereocenters. The molecule has 0 aliphatic rings. The highest BCUT2D eigenvalue weighted by molar-refractivity contribution is 5.67. The Hall–Kier alpha value is -2.18. The third kappa shape index (κ3) is 29.8. The number of pyridine rings is 2. The summed E-state index contributed by atoms with van der Waals surface area (Å²) in [5, 5.41) is 0. The summed E-state index contributed by atoms with van der Waals surface area (Å²) in [7, 11) is 0. The van der Waals surface area contributed by atoms with Crippen molar-refractivity contribution >= 4 is 11.9 Å². The van der Waals surface area contributed by atoms with E-state index in [1.54, 1.807) is 0 Å². The van der Waals surface area contributed by atoms with E-state index in [1.807, 2.05) is 33.9 Å². The van der Waals surface area contributed by atoms with Crippen molar-refractivity contribution in [2.24, 2.45) is 0 Å². The lowest BCUT2D eigenvalue weighted by Crippen LogP contribution is -3.00. The van der Waals surface area contributed by atoms with E-state index < -0.39 is 0 Å². The van der Waals surface area contributed by atoms with Crippen LogP contribution in [0.1, 0.15) is 185 Å². The average Bonchev–Trinajstić information content (AvgIpc) is 3.13. The molecule has 304 valence electrons. The first-order valence-electron chi connectivity index (χ1n) is 21.4. The minimum Gasteiger partial charge on any atom is -1.00 e. The molecule has 2 heterocycles. The van der Waals surface area contributed by atoms with Crippen molar-refractivity contribution in [2.45, 2.75) is 200 Å². The predicted octanol–water partition coefficient (Wildman–Crippen LogP) is 4.93. The number of ether oxygens (including phenoxy) is 2. The van der Waals surface area contributed by atoms with Crippen LogP contribution in [0.3, 0.4) is 0 Å². The van der Waals surface area contributed by atoms with Gasteiger partial charge in [0.2, 0.25) is 13.1 Å². The van der Waals surface area contributed by atoms with Gasteiger partial charge < -0.3 is 34.3 Å². The van der Waals surface area contributed by atoms with Crippen molar-refractivity contribution < 1.29 is 53.0 Å². The summed E-state index contributed by atoms with van der Waals surface area (Å²) in [5.74, 6) is -0.324. The number of hydrogen-bond donors (Lipinski definition) is 0. The fourth-order valence-electron chi connectivity index (χ4n) is 6.66. The second-order valence-electron chi connectivity index (χ2n) is 14.8. The van der Waals surface area contributed by atoms with Gasteiger partial charge in [-0.15, -0.1) is 0 Å². The van der Waals surface area contributed by atoms with E-state index >= 15 is 0 Å². The van der Waals surface area contributed by atoms with Crippen LogP contribution in [-0.2, 0) is 45.0 Å². The molecule has 0 aromatic carbocycles. The monoisotopic (exact) mass is 779 g/mol. The zero-order valence-corrected chi connectivity index (χ0v) is 35.3. The van der Waals surface area contributed by atoms with Gasteiger partial charge in [0.15, 0.2) is 24.8 Å². The van der Waals surface area contributed by atoms with Gasteiger partial charge >= 0.3 is 11.9 Å². The fourth-order valence-corrected chi connectivity index (χ4v) is 6.66. The number of halogens is 2. The van der Waals surface area contributed by atoms with Crippen molar-refractivity contribution in [1.29, 1.82) is 0 Å². The number of carbonyl (C=O) groups is 2. The second kappa shape index (κ2) is 36.8. The van der Waals surface area contributed by atoms with E-state index in [2.05, 4.69) is 38.1 Å². The van der Waals surface area contributed by atoms with Crippen LogP contribution < -0.4 is 33.9 Å². The predicted molar refractivity (Wildman–Crippen MR) is 209 cm³/mol. The fraction of sp³-hybridized carbons (Fsp3) is 0.733. The van der Waals surface area contributed by atoms with Crippen molar-refractivity contribution in [2.75, 3.05) is 13.2 Å². The lowest BCUT2D eigenvalue weighted by atomic mass is 10.1. The number of esters is 2. The Morgan fingerprint density at radius 1 is 0.415 bits per heavy atom. The number of aryl methyl sites for hydroxylation is 2. The first-order valence-corrected chi connectivity index (χ1v) is 21.4. The largest absolute Gasteiger partial charge is 1.00 e. The van der Waals surface area contributed by atoms with Crippen LogP contribution in [0.4, 0.5) is 0 Å². The number of aromatic nitrogens is 2. The molecule has 0 fully saturated rings. The minimum atomic E-state index is -0.162. The van der Waals surface area contributed by atoms with Crippen LogP contribution in [0, 0.1) is 0 Å². The smallest absolute Gasteiger partial charge is 0.372 e. The van der Waals surface area contributed by atoms with Gasteiger partial charge in [-0.05, 0) is 43.2 Å². The van der Waals surface area contributed by atoms with Gasteiger partial charge in [0.1, 0.15) is 0 Å². The molecule has 0 saturated carbocycles. The zero-order chi connectivity index (χ0) is 36.5. The number of rotatable bonds is 34. The van der Waals surface area contributed by atoms with Gasteiger partial charge in [-0.3, -0.25) is 0 Å². The molecule has 0 aliphatic carbocycles. The van der Waals surface area contributed by atoms with E-state index in [4.69, 9.17) is 9.47 Å². The molecule has 0 bridgehead atoms. The Balaban J connectivity index is 0.0000135. The Morgan fingerprint density at radius 2 is 0.679 bits per heavy atom. The van der Waals surface area contributed by atoms with Crippen molar-refractivity contribution in [3.63, 3.8) is 0 Å². The van der Waals surface area contributed by atoms with Gasteiger partial charge in [0, 0.05) is 24.3 Å². The van der Waals surface area contributed by atoms with Gasteiger partial charge in [0.05, 0.1) is 13.2 Å². The molecule has 0 aliphatic heterocycles. The number of unbranched alkanes of at least 4 members (excludes halogenated alkanes) is 22. The Kier molecular flexibility index (Phi) is 35.3. The molecule has 0 amide bonds. The molecule has 0 radical (unpaired) electrons. The molecule has 0 N–H and O–H groups in total. The molecule has 53 heavy (non-hydrogen) atoms. The molecule has 2 rings (SSSR count). The Morgan fingerprint density at radius 3 is 0.962 bits per heavy atom. The molecule has 2 aromatic rings. The van der Waals surface area contributed by atoms with Crippen molar-refractivity contribution in [1.82, 2.24) is 0 Å². The minimum absolute atomic E-state index is 0. The van der Waals surface area contributed by atoms with Crippen molar-refractivity contribution in [3.05, 3.63) is 60.2 Å². The maximum absolute atomic E-state index is 12.3. The van der Waals surface area contributed by atoms with Crippen LogP contribution in [0.2, 0.25) is 0 Å². The normalized spacial score (nSPS) is 10.8. The van der Waals surface area contributed by atoms with E-state index in [9.17, 15) is 9.59 Å². The highest BCUT2D eigenvalue weighted by Crippen LogP contribution is 2.13. The van der Waals surface area contributed by atoms with E-state index in [1.165, 1.54) is 140 Å². The highest BCUT2D eigenvalue weighted by atomic mass is 35.5. The molecule has 0 spiro atoms. The summed E-state index contributed by atoms with van der Waals surface area (Å²) in [5.41, 5.74) is 2.52. The summed E-state index contributed by atoms with van der Waals surface area (Å²) >= 11 is 0. The Bertz CT molecular complexity index is 1030. The summed E-state index contributed by atoms with van der Waals surface area (Å²) in [6, 6.07) is 8.39. The topological polar surface area (TPSA) is 60.4 Å². The summed E-state index contributed by atoms with van der Waals surface area (Å²) < 4.78 is 14.7. The SMILES string of the molecule is CCCCCCCCCCCCCCOC(=O)C[n+]1ccc(CCCc2cc[n+](CC(=O)OCCCCCCCCCCCCCC)cc2)cc1.[Cl-].[Cl-]. The van der Waals surface area contributed by atoms with E-state index in [-0.39, 0.29) is 49.8 Å².